The third-order valence-electron chi connectivity index (χ3n) is 3.45. The van der Waals surface area contributed by atoms with Gasteiger partial charge < -0.3 is 10.0 Å². The van der Waals surface area contributed by atoms with E-state index in [4.69, 9.17) is 0 Å². The van der Waals surface area contributed by atoms with Gasteiger partial charge in [0, 0.05) is 19.6 Å². The number of aliphatic hydroxyl groups is 1. The highest BCUT2D eigenvalue weighted by atomic mass is 16.3. The Morgan fingerprint density at radius 1 is 1.14 bits per heavy atom. The van der Waals surface area contributed by atoms with E-state index >= 15 is 0 Å². The van der Waals surface area contributed by atoms with E-state index in [2.05, 4.69) is 17.1 Å². The van der Waals surface area contributed by atoms with E-state index in [9.17, 15) is 5.11 Å². The lowest BCUT2D eigenvalue weighted by molar-refractivity contribution is 0.0739. The molecule has 1 N–H and O–H groups in total. The molecule has 0 saturated carbocycles. The summed E-state index contributed by atoms with van der Waals surface area (Å²) in [6.07, 6.45) is 10.4. The minimum Gasteiger partial charge on any atom is -0.393 e. The molecule has 1 aliphatic carbocycles. The van der Waals surface area contributed by atoms with Crippen LogP contribution in [-0.4, -0.2) is 35.7 Å². The van der Waals surface area contributed by atoms with Gasteiger partial charge in [-0.1, -0.05) is 12.2 Å². The number of nitrogens with zero attached hydrogens (tertiary/aromatic N) is 1. The molecule has 0 aromatic carbocycles. The zero-order chi connectivity index (χ0) is 9.80. The van der Waals surface area contributed by atoms with Crippen molar-refractivity contribution < 1.29 is 5.11 Å². The SMILES string of the molecule is OC1CCN(CC2CC=CCC2)CC1. The summed E-state index contributed by atoms with van der Waals surface area (Å²) in [7, 11) is 0. The summed E-state index contributed by atoms with van der Waals surface area (Å²) < 4.78 is 0. The van der Waals surface area contributed by atoms with Crippen LogP contribution in [0.5, 0.6) is 0 Å². The zero-order valence-electron chi connectivity index (χ0n) is 8.86. The van der Waals surface area contributed by atoms with E-state index in [-0.39, 0.29) is 6.10 Å². The fourth-order valence-electron chi connectivity index (χ4n) is 2.49. The minimum absolute atomic E-state index is 0.0301. The van der Waals surface area contributed by atoms with E-state index in [0.29, 0.717) is 0 Å². The van der Waals surface area contributed by atoms with Gasteiger partial charge in [0.2, 0.25) is 0 Å². The third-order valence-corrected chi connectivity index (χ3v) is 3.45. The number of hydrogen-bond acceptors (Lipinski definition) is 2. The normalized spacial score (nSPS) is 30.8. The van der Waals surface area contributed by atoms with Crippen molar-refractivity contribution in [1.82, 2.24) is 4.90 Å². The van der Waals surface area contributed by atoms with Crippen molar-refractivity contribution in [3.63, 3.8) is 0 Å². The first-order chi connectivity index (χ1) is 6.84. The van der Waals surface area contributed by atoms with Gasteiger partial charge in [-0.15, -0.1) is 0 Å². The molecule has 14 heavy (non-hydrogen) atoms. The van der Waals surface area contributed by atoms with Crippen LogP contribution in [0.4, 0.5) is 0 Å². The molecular weight excluding hydrogens is 174 g/mol. The molecule has 0 radical (unpaired) electrons. The van der Waals surface area contributed by atoms with Gasteiger partial charge in [-0.25, -0.2) is 0 Å². The van der Waals surface area contributed by atoms with Crippen LogP contribution in [0.2, 0.25) is 0 Å². The summed E-state index contributed by atoms with van der Waals surface area (Å²) in [6, 6.07) is 0. The lowest BCUT2D eigenvalue weighted by Gasteiger charge is -2.32. The summed E-state index contributed by atoms with van der Waals surface area (Å²) in [5, 5.41) is 9.39. The van der Waals surface area contributed by atoms with Crippen molar-refractivity contribution in [2.75, 3.05) is 19.6 Å². The third kappa shape index (κ3) is 2.82. The van der Waals surface area contributed by atoms with Crippen LogP contribution in [0, 0.1) is 5.92 Å². The number of rotatable bonds is 2. The van der Waals surface area contributed by atoms with Crippen LogP contribution in [-0.2, 0) is 0 Å². The average Bonchev–Trinajstić information content (AvgIpc) is 2.23. The first kappa shape index (κ1) is 10.2. The molecule has 1 unspecified atom stereocenters. The molecule has 1 atom stereocenters. The van der Waals surface area contributed by atoms with Crippen LogP contribution < -0.4 is 0 Å². The molecule has 2 heteroatoms. The Hall–Kier alpha value is -0.340. The molecule has 1 aliphatic heterocycles. The van der Waals surface area contributed by atoms with Gasteiger partial charge in [-0.3, -0.25) is 0 Å². The fraction of sp³-hybridized carbons (Fsp3) is 0.833. The van der Waals surface area contributed by atoms with Crippen molar-refractivity contribution in [2.45, 2.75) is 38.2 Å². The highest BCUT2D eigenvalue weighted by molar-refractivity contribution is 4.91. The molecule has 0 aromatic rings. The Morgan fingerprint density at radius 3 is 2.57 bits per heavy atom. The second kappa shape index (κ2) is 4.94. The van der Waals surface area contributed by atoms with E-state index in [1.807, 2.05) is 0 Å². The van der Waals surface area contributed by atoms with E-state index in [1.54, 1.807) is 0 Å². The van der Waals surface area contributed by atoms with E-state index < -0.39 is 0 Å². The highest BCUT2D eigenvalue weighted by Crippen LogP contribution is 2.21. The summed E-state index contributed by atoms with van der Waals surface area (Å²) in [6.45, 7) is 3.44. The fourth-order valence-corrected chi connectivity index (χ4v) is 2.49. The number of likely N-dealkylation sites (tertiary alicyclic amines) is 1. The summed E-state index contributed by atoms with van der Waals surface area (Å²) in [5.74, 6) is 0.871. The van der Waals surface area contributed by atoms with Gasteiger partial charge in [-0.2, -0.15) is 0 Å². The van der Waals surface area contributed by atoms with Gasteiger partial charge in [0.15, 0.2) is 0 Å². The maximum atomic E-state index is 9.39. The predicted molar refractivity (Wildman–Crippen MR) is 58.2 cm³/mol. The van der Waals surface area contributed by atoms with Crippen LogP contribution in [0.25, 0.3) is 0 Å². The molecule has 1 fully saturated rings. The lowest BCUT2D eigenvalue weighted by Crippen LogP contribution is -2.38. The Kier molecular flexibility index (Phi) is 3.60. The summed E-state index contributed by atoms with van der Waals surface area (Å²) in [5.41, 5.74) is 0. The van der Waals surface area contributed by atoms with Crippen LogP contribution in [0.1, 0.15) is 32.1 Å². The molecule has 0 bridgehead atoms. The van der Waals surface area contributed by atoms with Gasteiger partial charge in [-0.05, 0) is 38.0 Å². The Bertz CT molecular complexity index is 194. The molecule has 2 rings (SSSR count). The molecule has 0 amide bonds. The summed E-state index contributed by atoms with van der Waals surface area (Å²) >= 11 is 0. The Morgan fingerprint density at radius 2 is 1.93 bits per heavy atom. The number of allylic oxidation sites excluding steroid dienone is 2. The average molecular weight is 195 g/mol. The molecular formula is C12H21NO. The zero-order valence-corrected chi connectivity index (χ0v) is 8.86. The van der Waals surface area contributed by atoms with E-state index in [1.165, 1.54) is 25.8 Å². The van der Waals surface area contributed by atoms with Crippen molar-refractivity contribution in [3.8, 4) is 0 Å². The first-order valence-corrected chi connectivity index (χ1v) is 5.90. The smallest absolute Gasteiger partial charge is 0.0564 e. The maximum absolute atomic E-state index is 9.39. The molecule has 80 valence electrons. The topological polar surface area (TPSA) is 23.5 Å². The second-order valence-electron chi connectivity index (χ2n) is 4.68. The lowest BCUT2D eigenvalue weighted by atomic mass is 9.93. The molecule has 2 nitrogen and oxygen atoms in total. The maximum Gasteiger partial charge on any atom is 0.0564 e. The largest absolute Gasteiger partial charge is 0.393 e. The van der Waals surface area contributed by atoms with Gasteiger partial charge >= 0.3 is 0 Å². The van der Waals surface area contributed by atoms with Crippen LogP contribution in [0.15, 0.2) is 12.2 Å². The highest BCUT2D eigenvalue weighted by Gasteiger charge is 2.20. The van der Waals surface area contributed by atoms with Crippen molar-refractivity contribution in [2.24, 2.45) is 5.92 Å². The van der Waals surface area contributed by atoms with Gasteiger partial charge in [0.05, 0.1) is 6.10 Å². The van der Waals surface area contributed by atoms with Gasteiger partial charge in [0.1, 0.15) is 0 Å². The van der Waals surface area contributed by atoms with Crippen molar-refractivity contribution in [3.05, 3.63) is 12.2 Å². The summed E-state index contributed by atoms with van der Waals surface area (Å²) in [4.78, 5) is 2.52. The van der Waals surface area contributed by atoms with Crippen molar-refractivity contribution in [1.29, 1.82) is 0 Å². The molecule has 0 aromatic heterocycles. The molecule has 2 aliphatic rings. The number of piperidine rings is 1. The molecule has 1 saturated heterocycles. The second-order valence-corrected chi connectivity index (χ2v) is 4.68. The minimum atomic E-state index is -0.0301. The molecule has 1 heterocycles. The van der Waals surface area contributed by atoms with E-state index in [0.717, 1.165) is 31.8 Å². The van der Waals surface area contributed by atoms with Crippen LogP contribution >= 0.6 is 0 Å². The standard InChI is InChI=1S/C12H21NO/c14-12-6-8-13(9-7-12)10-11-4-2-1-3-5-11/h1-2,11-12,14H,3-10H2. The molecule has 0 spiro atoms. The quantitative estimate of drug-likeness (QED) is 0.679. The Balaban J connectivity index is 1.72. The number of hydrogen-bond donors (Lipinski definition) is 1. The Labute approximate surface area is 86.6 Å². The first-order valence-electron chi connectivity index (χ1n) is 5.90. The predicted octanol–water partition coefficient (Wildman–Crippen LogP) is 1.80. The number of aliphatic hydroxyl groups excluding tert-OH is 1. The van der Waals surface area contributed by atoms with Crippen LogP contribution in [0.3, 0.4) is 0 Å². The van der Waals surface area contributed by atoms with Gasteiger partial charge in [0.25, 0.3) is 0 Å². The van der Waals surface area contributed by atoms with Crippen molar-refractivity contribution >= 4 is 0 Å². The monoisotopic (exact) mass is 195 g/mol.